The maximum Gasteiger partial charge on any atom is 0.409 e. The van der Waals surface area contributed by atoms with Crippen LogP contribution < -0.4 is 10.6 Å². The summed E-state index contributed by atoms with van der Waals surface area (Å²) in [6.07, 6.45) is 1.13. The Labute approximate surface area is 169 Å². The average molecular weight is 403 g/mol. The van der Waals surface area contributed by atoms with Gasteiger partial charge in [-0.3, -0.25) is 4.98 Å². The summed E-state index contributed by atoms with van der Waals surface area (Å²) in [5.74, 6) is -0.529. The first-order chi connectivity index (χ1) is 13.8. The number of carbonyl (C=O) groups excluding carboxylic acids is 2. The van der Waals surface area contributed by atoms with Gasteiger partial charge in [0.2, 0.25) is 0 Å². The molecule has 0 bridgehead atoms. The molecule has 29 heavy (non-hydrogen) atoms. The fourth-order valence-electron chi connectivity index (χ4n) is 2.55. The Morgan fingerprint density at radius 2 is 1.90 bits per heavy atom. The number of rotatable bonds is 7. The number of anilines is 2. The number of methoxy groups -OCH3 is 1. The Hall–Kier alpha value is -3.20. The summed E-state index contributed by atoms with van der Waals surface area (Å²) in [6.45, 7) is 3.46. The summed E-state index contributed by atoms with van der Waals surface area (Å²) in [6, 6.07) is 7.48. The Kier molecular flexibility index (Phi) is 7.90. The van der Waals surface area contributed by atoms with Crippen LogP contribution in [0.5, 0.6) is 0 Å². The highest BCUT2D eigenvalue weighted by Crippen LogP contribution is 2.18. The van der Waals surface area contributed by atoms with Gasteiger partial charge < -0.3 is 25.2 Å². The lowest BCUT2D eigenvalue weighted by Gasteiger charge is -2.21. The van der Waals surface area contributed by atoms with Crippen LogP contribution in [-0.2, 0) is 11.3 Å². The zero-order valence-electron chi connectivity index (χ0n) is 17.0. The van der Waals surface area contributed by atoms with Crippen molar-refractivity contribution in [3.63, 3.8) is 0 Å². The van der Waals surface area contributed by atoms with Gasteiger partial charge in [0.25, 0.3) is 0 Å². The van der Waals surface area contributed by atoms with Crippen LogP contribution in [-0.4, -0.2) is 61.2 Å². The number of amides is 3. The van der Waals surface area contributed by atoms with E-state index in [9.17, 15) is 14.0 Å². The van der Waals surface area contributed by atoms with Crippen molar-refractivity contribution in [1.29, 1.82) is 0 Å². The summed E-state index contributed by atoms with van der Waals surface area (Å²) >= 11 is 0. The summed E-state index contributed by atoms with van der Waals surface area (Å²) < 4.78 is 18.8. The van der Waals surface area contributed by atoms with Gasteiger partial charge in [0.15, 0.2) is 0 Å². The molecule has 2 aromatic rings. The molecule has 1 aromatic heterocycles. The number of urea groups is 1. The highest BCUT2D eigenvalue weighted by molar-refractivity contribution is 5.99. The van der Waals surface area contributed by atoms with E-state index in [0.717, 1.165) is 11.3 Å². The van der Waals surface area contributed by atoms with Crippen LogP contribution in [0.1, 0.15) is 11.3 Å². The van der Waals surface area contributed by atoms with Crippen LogP contribution in [0.2, 0.25) is 0 Å². The van der Waals surface area contributed by atoms with Gasteiger partial charge in [-0.2, -0.15) is 0 Å². The Balaban J connectivity index is 1.93. The molecule has 0 spiro atoms. The quantitative estimate of drug-likeness (QED) is 0.741. The van der Waals surface area contributed by atoms with Crippen LogP contribution in [0.15, 0.2) is 36.5 Å². The van der Waals surface area contributed by atoms with Crippen molar-refractivity contribution in [1.82, 2.24) is 14.8 Å². The molecule has 0 unspecified atom stereocenters. The number of halogens is 1. The zero-order valence-corrected chi connectivity index (χ0v) is 17.0. The van der Waals surface area contributed by atoms with Gasteiger partial charge in [-0.05, 0) is 43.8 Å². The van der Waals surface area contributed by atoms with Crippen LogP contribution in [0.4, 0.5) is 25.4 Å². The van der Waals surface area contributed by atoms with Crippen LogP contribution >= 0.6 is 0 Å². The van der Waals surface area contributed by atoms with Gasteiger partial charge in [-0.1, -0.05) is 6.07 Å². The zero-order chi connectivity index (χ0) is 21.4. The average Bonchev–Trinajstić information content (AvgIpc) is 2.69. The third-order valence-electron chi connectivity index (χ3n) is 4.20. The SMILES string of the molecule is COC(=O)N(C)CCN(C)Cc1ccc(F)c(NC(=O)Nc2ccc(C)nc2)c1. The van der Waals surface area contributed by atoms with E-state index in [1.54, 1.807) is 31.3 Å². The van der Waals surface area contributed by atoms with Gasteiger partial charge in [-0.25, -0.2) is 14.0 Å². The lowest BCUT2D eigenvalue weighted by atomic mass is 10.2. The molecule has 3 amide bonds. The van der Waals surface area contributed by atoms with Crippen molar-refractivity contribution in [3.05, 3.63) is 53.6 Å². The van der Waals surface area contributed by atoms with E-state index in [0.29, 0.717) is 25.3 Å². The molecule has 0 aliphatic carbocycles. The molecule has 1 heterocycles. The highest BCUT2D eigenvalue weighted by Gasteiger charge is 2.12. The normalized spacial score (nSPS) is 10.6. The standard InChI is InChI=1S/C20H26FN5O3/c1-14-5-7-16(12-22-14)23-19(27)24-18-11-15(6-8-17(18)21)13-25(2)9-10-26(3)20(28)29-4/h5-8,11-12H,9-10,13H2,1-4H3,(H2,23,24,27). The van der Waals surface area contributed by atoms with Crippen molar-refractivity contribution < 1.29 is 18.7 Å². The molecular formula is C20H26FN5O3. The van der Waals surface area contributed by atoms with Crippen molar-refractivity contribution in [2.24, 2.45) is 0 Å². The van der Waals surface area contributed by atoms with Crippen LogP contribution in [0.25, 0.3) is 0 Å². The van der Waals surface area contributed by atoms with Gasteiger partial charge in [0.1, 0.15) is 5.82 Å². The molecule has 1 aromatic carbocycles. The molecule has 0 atom stereocenters. The second-order valence-electron chi connectivity index (χ2n) is 6.71. The van der Waals surface area contributed by atoms with E-state index >= 15 is 0 Å². The molecule has 8 nitrogen and oxygen atoms in total. The molecule has 0 aliphatic heterocycles. The number of likely N-dealkylation sites (N-methyl/N-ethyl adjacent to an activating group) is 2. The topological polar surface area (TPSA) is 86.8 Å². The number of benzene rings is 1. The second kappa shape index (κ2) is 10.4. The number of nitrogens with zero attached hydrogens (tertiary/aromatic N) is 3. The van der Waals surface area contributed by atoms with Gasteiger partial charge >= 0.3 is 12.1 Å². The van der Waals surface area contributed by atoms with Crippen molar-refractivity contribution in [3.8, 4) is 0 Å². The molecule has 0 saturated carbocycles. The Morgan fingerprint density at radius 3 is 2.55 bits per heavy atom. The number of hydrogen-bond donors (Lipinski definition) is 2. The fraction of sp³-hybridized carbons (Fsp3) is 0.350. The van der Waals surface area contributed by atoms with E-state index in [1.807, 2.05) is 18.9 Å². The Bertz CT molecular complexity index is 845. The highest BCUT2D eigenvalue weighted by atomic mass is 19.1. The van der Waals surface area contributed by atoms with E-state index in [-0.39, 0.29) is 5.69 Å². The van der Waals surface area contributed by atoms with E-state index in [1.165, 1.54) is 24.3 Å². The molecule has 0 radical (unpaired) electrons. The minimum Gasteiger partial charge on any atom is -0.453 e. The summed E-state index contributed by atoms with van der Waals surface area (Å²) in [7, 11) is 4.88. The molecule has 2 N–H and O–H groups in total. The first-order valence-corrected chi connectivity index (χ1v) is 9.05. The molecular weight excluding hydrogens is 377 g/mol. The predicted octanol–water partition coefficient (Wildman–Crippen LogP) is 3.30. The minimum atomic E-state index is -0.556. The number of pyridine rings is 1. The van der Waals surface area contributed by atoms with Crippen LogP contribution in [0, 0.1) is 12.7 Å². The first kappa shape index (κ1) is 22.1. The number of ether oxygens (including phenoxy) is 1. The maximum atomic E-state index is 14.1. The molecule has 0 fully saturated rings. The van der Waals surface area contributed by atoms with E-state index in [2.05, 4.69) is 20.4 Å². The number of aromatic nitrogens is 1. The monoisotopic (exact) mass is 403 g/mol. The molecule has 0 saturated heterocycles. The summed E-state index contributed by atoms with van der Waals surface area (Å²) in [5, 5.41) is 5.13. The number of hydrogen-bond acceptors (Lipinski definition) is 5. The van der Waals surface area contributed by atoms with Crippen molar-refractivity contribution >= 4 is 23.5 Å². The minimum absolute atomic E-state index is 0.0835. The largest absolute Gasteiger partial charge is 0.453 e. The number of nitrogens with one attached hydrogen (secondary N) is 2. The maximum absolute atomic E-state index is 14.1. The van der Waals surface area contributed by atoms with Gasteiger partial charge in [-0.15, -0.1) is 0 Å². The smallest absolute Gasteiger partial charge is 0.409 e. The van der Waals surface area contributed by atoms with Gasteiger partial charge in [0.05, 0.1) is 24.7 Å². The van der Waals surface area contributed by atoms with Gasteiger partial charge in [0, 0.05) is 32.4 Å². The summed E-state index contributed by atoms with van der Waals surface area (Å²) in [4.78, 5) is 31.1. The molecule has 2 rings (SSSR count). The van der Waals surface area contributed by atoms with E-state index in [4.69, 9.17) is 0 Å². The number of carbonyl (C=O) groups is 2. The summed E-state index contributed by atoms with van der Waals surface area (Å²) in [5.41, 5.74) is 2.25. The Morgan fingerprint density at radius 1 is 1.14 bits per heavy atom. The van der Waals surface area contributed by atoms with E-state index < -0.39 is 17.9 Å². The van der Waals surface area contributed by atoms with Crippen molar-refractivity contribution in [2.75, 3.05) is 44.9 Å². The number of aryl methyl sites for hydroxylation is 1. The molecule has 0 aliphatic rings. The van der Waals surface area contributed by atoms with Crippen LogP contribution in [0.3, 0.4) is 0 Å². The molecule has 156 valence electrons. The first-order valence-electron chi connectivity index (χ1n) is 9.05. The predicted molar refractivity (Wildman–Crippen MR) is 109 cm³/mol. The lowest BCUT2D eigenvalue weighted by molar-refractivity contribution is 0.128. The second-order valence-corrected chi connectivity index (χ2v) is 6.71. The third kappa shape index (κ3) is 7.04. The lowest BCUT2D eigenvalue weighted by Crippen LogP contribution is -2.34. The fourth-order valence-corrected chi connectivity index (χ4v) is 2.55. The molecule has 9 heteroatoms. The third-order valence-corrected chi connectivity index (χ3v) is 4.20. The van der Waals surface area contributed by atoms with Crippen molar-refractivity contribution in [2.45, 2.75) is 13.5 Å².